The van der Waals surface area contributed by atoms with Crippen LogP contribution in [0.4, 0.5) is 0 Å². The van der Waals surface area contributed by atoms with E-state index in [1.807, 2.05) is 0 Å². The molecule has 2 aliphatic rings. The van der Waals surface area contributed by atoms with E-state index in [0.29, 0.717) is 5.92 Å². The van der Waals surface area contributed by atoms with Gasteiger partial charge in [0, 0.05) is 23.9 Å². The van der Waals surface area contributed by atoms with Gasteiger partial charge in [0.2, 0.25) is 0 Å². The molecule has 3 rings (SSSR count). The van der Waals surface area contributed by atoms with Gasteiger partial charge in [-0.15, -0.1) is 11.6 Å². The molecule has 1 nitrogen and oxygen atoms in total. The van der Waals surface area contributed by atoms with E-state index in [2.05, 4.69) is 36.5 Å². The summed E-state index contributed by atoms with van der Waals surface area (Å²) in [7, 11) is 0. The van der Waals surface area contributed by atoms with Gasteiger partial charge in [0.25, 0.3) is 0 Å². The van der Waals surface area contributed by atoms with Crippen molar-refractivity contribution >= 4 is 11.6 Å². The molecule has 0 aliphatic heterocycles. The molecular formula is C17H24ClN. The Morgan fingerprint density at radius 1 is 1.37 bits per heavy atom. The summed E-state index contributed by atoms with van der Waals surface area (Å²) >= 11 is 6.28. The molecule has 2 heteroatoms. The van der Waals surface area contributed by atoms with Gasteiger partial charge in [-0.05, 0) is 36.3 Å². The first-order valence-electron chi connectivity index (χ1n) is 7.61. The Kier molecular flexibility index (Phi) is 3.86. The molecule has 1 saturated carbocycles. The molecule has 1 fully saturated rings. The molecule has 0 aromatic heterocycles. The topological polar surface area (TPSA) is 12.0 Å². The third kappa shape index (κ3) is 2.68. The summed E-state index contributed by atoms with van der Waals surface area (Å²) in [5.74, 6) is 2.27. The van der Waals surface area contributed by atoms with Gasteiger partial charge in [0.15, 0.2) is 0 Å². The van der Waals surface area contributed by atoms with E-state index in [1.54, 1.807) is 5.56 Å². The highest BCUT2D eigenvalue weighted by Crippen LogP contribution is 2.37. The number of benzene rings is 1. The fraction of sp³-hybridized carbons (Fsp3) is 0.647. The summed E-state index contributed by atoms with van der Waals surface area (Å²) in [4.78, 5) is 0. The molecule has 2 aliphatic carbocycles. The van der Waals surface area contributed by atoms with E-state index in [1.165, 1.54) is 37.7 Å². The van der Waals surface area contributed by atoms with Crippen LogP contribution >= 0.6 is 11.6 Å². The molecule has 0 amide bonds. The molecule has 19 heavy (non-hydrogen) atoms. The average molecular weight is 278 g/mol. The predicted octanol–water partition coefficient (Wildman–Crippen LogP) is 4.10. The van der Waals surface area contributed by atoms with Gasteiger partial charge >= 0.3 is 0 Å². The van der Waals surface area contributed by atoms with Gasteiger partial charge in [-0.2, -0.15) is 0 Å². The van der Waals surface area contributed by atoms with E-state index in [0.717, 1.165) is 18.3 Å². The van der Waals surface area contributed by atoms with Crippen molar-refractivity contribution in [1.82, 2.24) is 5.32 Å². The Morgan fingerprint density at radius 2 is 2.21 bits per heavy atom. The lowest BCUT2D eigenvalue weighted by molar-refractivity contribution is 0.204. The standard InChI is InChI=1S/C17H24ClN/c1-13-5-4-8-17(10-13,12-18)19-11-15-9-14-6-2-3-7-16(14)15/h2-3,6-7,13,15,19H,4-5,8-12H2,1H3. The normalized spacial score (nSPS) is 33.6. The van der Waals surface area contributed by atoms with Crippen LogP contribution in [0.3, 0.4) is 0 Å². The maximum atomic E-state index is 6.28. The summed E-state index contributed by atoms with van der Waals surface area (Å²) in [5.41, 5.74) is 3.28. The summed E-state index contributed by atoms with van der Waals surface area (Å²) in [5, 5.41) is 3.83. The van der Waals surface area contributed by atoms with E-state index in [9.17, 15) is 0 Å². The minimum atomic E-state index is 0.198. The first-order valence-corrected chi connectivity index (χ1v) is 8.15. The number of rotatable bonds is 4. The first-order chi connectivity index (χ1) is 9.22. The van der Waals surface area contributed by atoms with Crippen LogP contribution in [0.5, 0.6) is 0 Å². The number of fused-ring (bicyclic) bond motifs is 1. The lowest BCUT2D eigenvalue weighted by Gasteiger charge is -2.42. The molecule has 3 unspecified atom stereocenters. The van der Waals surface area contributed by atoms with Crippen LogP contribution in [-0.2, 0) is 6.42 Å². The lowest BCUT2D eigenvalue weighted by Crippen LogP contribution is -2.52. The Labute approximate surface area is 121 Å². The van der Waals surface area contributed by atoms with Gasteiger partial charge in [-0.25, -0.2) is 0 Å². The summed E-state index contributed by atoms with van der Waals surface area (Å²) in [6, 6.07) is 8.84. The second-order valence-electron chi connectivity index (χ2n) is 6.60. The van der Waals surface area contributed by atoms with Gasteiger partial charge in [-0.1, -0.05) is 44.0 Å². The molecule has 104 valence electrons. The fourth-order valence-electron chi connectivity index (χ4n) is 3.87. The Balaban J connectivity index is 1.60. The average Bonchev–Trinajstić information content (AvgIpc) is 2.40. The summed E-state index contributed by atoms with van der Waals surface area (Å²) < 4.78 is 0. The van der Waals surface area contributed by atoms with Crippen molar-refractivity contribution in [3.05, 3.63) is 35.4 Å². The molecule has 1 aromatic carbocycles. The van der Waals surface area contributed by atoms with Crippen LogP contribution in [0, 0.1) is 5.92 Å². The molecule has 0 spiro atoms. The van der Waals surface area contributed by atoms with Crippen molar-refractivity contribution in [3.63, 3.8) is 0 Å². The summed E-state index contributed by atoms with van der Waals surface area (Å²) in [6.07, 6.45) is 6.41. The number of alkyl halides is 1. The van der Waals surface area contributed by atoms with E-state index in [4.69, 9.17) is 11.6 Å². The van der Waals surface area contributed by atoms with Crippen molar-refractivity contribution < 1.29 is 0 Å². The van der Waals surface area contributed by atoms with E-state index in [-0.39, 0.29) is 5.54 Å². The van der Waals surface area contributed by atoms with E-state index < -0.39 is 0 Å². The smallest absolute Gasteiger partial charge is 0.0406 e. The quantitative estimate of drug-likeness (QED) is 0.817. The van der Waals surface area contributed by atoms with Gasteiger partial charge in [0.1, 0.15) is 0 Å². The Bertz CT molecular complexity index is 445. The largest absolute Gasteiger partial charge is 0.309 e. The van der Waals surface area contributed by atoms with Crippen LogP contribution in [0.25, 0.3) is 0 Å². The minimum Gasteiger partial charge on any atom is -0.309 e. The molecular weight excluding hydrogens is 254 g/mol. The van der Waals surface area contributed by atoms with E-state index >= 15 is 0 Å². The van der Waals surface area contributed by atoms with Crippen molar-refractivity contribution in [1.29, 1.82) is 0 Å². The predicted molar refractivity (Wildman–Crippen MR) is 82.0 cm³/mol. The highest BCUT2D eigenvalue weighted by molar-refractivity contribution is 6.18. The van der Waals surface area contributed by atoms with Crippen LogP contribution in [0.1, 0.15) is 49.7 Å². The van der Waals surface area contributed by atoms with Crippen LogP contribution in [0.15, 0.2) is 24.3 Å². The molecule has 0 heterocycles. The zero-order valence-corrected chi connectivity index (χ0v) is 12.5. The maximum absolute atomic E-state index is 6.28. The number of halogens is 1. The zero-order chi connectivity index (χ0) is 13.3. The maximum Gasteiger partial charge on any atom is 0.0406 e. The Morgan fingerprint density at radius 3 is 2.95 bits per heavy atom. The second kappa shape index (κ2) is 5.46. The van der Waals surface area contributed by atoms with Crippen LogP contribution < -0.4 is 5.32 Å². The lowest BCUT2D eigenvalue weighted by atomic mass is 9.75. The zero-order valence-electron chi connectivity index (χ0n) is 11.8. The molecule has 0 bridgehead atoms. The van der Waals surface area contributed by atoms with Gasteiger partial charge in [0.05, 0.1) is 0 Å². The summed E-state index contributed by atoms with van der Waals surface area (Å²) in [6.45, 7) is 3.46. The fourth-order valence-corrected chi connectivity index (χ4v) is 4.21. The molecule has 0 saturated heterocycles. The molecule has 1 N–H and O–H groups in total. The van der Waals surface area contributed by atoms with Crippen LogP contribution in [-0.4, -0.2) is 18.0 Å². The van der Waals surface area contributed by atoms with Crippen molar-refractivity contribution in [3.8, 4) is 0 Å². The SMILES string of the molecule is CC1CCCC(CCl)(NCC2Cc3ccccc32)C1. The third-order valence-corrected chi connectivity index (χ3v) is 5.54. The number of nitrogens with one attached hydrogen (secondary N) is 1. The van der Waals surface area contributed by atoms with Crippen molar-refractivity contribution in [2.24, 2.45) is 5.92 Å². The third-order valence-electron chi connectivity index (χ3n) is 5.03. The van der Waals surface area contributed by atoms with Gasteiger partial charge in [-0.3, -0.25) is 0 Å². The van der Waals surface area contributed by atoms with Gasteiger partial charge < -0.3 is 5.32 Å². The second-order valence-corrected chi connectivity index (χ2v) is 6.86. The van der Waals surface area contributed by atoms with Crippen molar-refractivity contribution in [2.45, 2.75) is 50.5 Å². The number of hydrogen-bond acceptors (Lipinski definition) is 1. The highest BCUT2D eigenvalue weighted by Gasteiger charge is 2.35. The molecule has 1 aromatic rings. The molecule has 0 radical (unpaired) electrons. The Hall–Kier alpha value is -0.530. The highest BCUT2D eigenvalue weighted by atomic mass is 35.5. The minimum absolute atomic E-state index is 0.198. The van der Waals surface area contributed by atoms with Crippen molar-refractivity contribution in [2.75, 3.05) is 12.4 Å². The molecule has 3 atom stereocenters. The monoisotopic (exact) mass is 277 g/mol. The first kappa shape index (κ1) is 13.5. The van der Waals surface area contributed by atoms with Crippen LogP contribution in [0.2, 0.25) is 0 Å². The number of hydrogen-bond donors (Lipinski definition) is 1.